The van der Waals surface area contributed by atoms with Gasteiger partial charge in [-0.15, -0.1) is 0 Å². The zero-order chi connectivity index (χ0) is 18.4. The van der Waals surface area contributed by atoms with Crippen molar-refractivity contribution in [1.82, 2.24) is 15.1 Å². The summed E-state index contributed by atoms with van der Waals surface area (Å²) in [6.45, 7) is 7.81. The maximum Gasteiger partial charge on any atom is 0.307 e. The maximum absolute atomic E-state index is 12.7. The fraction of sp³-hybridized carbons (Fsp3) is 0.389. The number of carbonyl (C=O) groups excluding carboxylic acids is 1. The largest absolute Gasteiger partial charge is 0.481 e. The lowest BCUT2D eigenvalue weighted by Gasteiger charge is -2.33. The second kappa shape index (κ2) is 5.91. The molecule has 0 saturated carbocycles. The monoisotopic (exact) mass is 342 g/mol. The van der Waals surface area contributed by atoms with E-state index in [1.165, 1.54) is 0 Å². The predicted molar refractivity (Wildman–Crippen MR) is 94.6 cm³/mol. The molecule has 0 fully saturated rings. The van der Waals surface area contributed by atoms with Gasteiger partial charge in [0.25, 0.3) is 5.91 Å². The highest BCUT2D eigenvalue weighted by Gasteiger charge is 2.36. The Labute approximate surface area is 146 Å². The summed E-state index contributed by atoms with van der Waals surface area (Å²) in [5, 5.41) is 19.8. The molecule has 25 heavy (non-hydrogen) atoms. The molecule has 0 atom stereocenters. The SMILES string of the molecule is CC(C)n1nc(-c2ccc(CC(=O)O)cc2)c2c1NC(C)(C)NC2=O. The van der Waals surface area contributed by atoms with Crippen LogP contribution >= 0.6 is 0 Å². The Kier molecular flexibility index (Phi) is 4.02. The van der Waals surface area contributed by atoms with Gasteiger partial charge in [-0.3, -0.25) is 9.59 Å². The van der Waals surface area contributed by atoms with Crippen LogP contribution in [0.15, 0.2) is 24.3 Å². The van der Waals surface area contributed by atoms with Gasteiger partial charge in [0.05, 0.1) is 6.42 Å². The van der Waals surface area contributed by atoms with Crippen LogP contribution in [0.3, 0.4) is 0 Å². The molecule has 7 heteroatoms. The van der Waals surface area contributed by atoms with Crippen LogP contribution in [0.1, 0.15) is 49.7 Å². The number of carboxylic acids is 1. The molecule has 1 aromatic carbocycles. The van der Waals surface area contributed by atoms with Crippen molar-refractivity contribution in [2.24, 2.45) is 0 Å². The summed E-state index contributed by atoms with van der Waals surface area (Å²) in [5.41, 5.74) is 2.03. The molecule has 3 rings (SSSR count). The average Bonchev–Trinajstić information content (AvgIpc) is 2.85. The Morgan fingerprint density at radius 2 is 1.88 bits per heavy atom. The smallest absolute Gasteiger partial charge is 0.307 e. The highest BCUT2D eigenvalue weighted by molar-refractivity contribution is 6.06. The number of benzene rings is 1. The van der Waals surface area contributed by atoms with Crippen LogP contribution in [-0.4, -0.2) is 32.4 Å². The van der Waals surface area contributed by atoms with Gasteiger partial charge in [0.15, 0.2) is 0 Å². The Bertz CT molecular complexity index is 835. The molecule has 0 saturated heterocycles. The van der Waals surface area contributed by atoms with E-state index in [0.717, 1.165) is 5.56 Å². The van der Waals surface area contributed by atoms with E-state index in [4.69, 9.17) is 5.11 Å². The van der Waals surface area contributed by atoms with Crippen LogP contribution in [0.25, 0.3) is 11.3 Å². The lowest BCUT2D eigenvalue weighted by Crippen LogP contribution is -2.53. The fourth-order valence-electron chi connectivity index (χ4n) is 2.97. The van der Waals surface area contributed by atoms with E-state index in [-0.39, 0.29) is 18.4 Å². The highest BCUT2D eigenvalue weighted by atomic mass is 16.4. The van der Waals surface area contributed by atoms with Crippen LogP contribution in [0, 0.1) is 0 Å². The Balaban J connectivity index is 2.09. The molecule has 0 aliphatic carbocycles. The van der Waals surface area contributed by atoms with E-state index < -0.39 is 11.6 Å². The predicted octanol–water partition coefficient (Wildman–Crippen LogP) is 2.65. The zero-order valence-electron chi connectivity index (χ0n) is 14.8. The lowest BCUT2D eigenvalue weighted by atomic mass is 10.0. The van der Waals surface area contributed by atoms with E-state index in [0.29, 0.717) is 22.6 Å². The summed E-state index contributed by atoms with van der Waals surface area (Å²) >= 11 is 0. The first-order chi connectivity index (χ1) is 11.7. The summed E-state index contributed by atoms with van der Waals surface area (Å²) in [6.07, 6.45) is -0.0327. The van der Waals surface area contributed by atoms with Crippen molar-refractivity contribution in [2.45, 2.75) is 45.8 Å². The second-order valence-corrected chi connectivity index (χ2v) is 7.08. The number of carbonyl (C=O) groups is 2. The third-order valence-electron chi connectivity index (χ3n) is 4.07. The minimum absolute atomic E-state index is 0.0327. The number of amides is 1. The molecule has 1 aliphatic heterocycles. The average molecular weight is 342 g/mol. The maximum atomic E-state index is 12.7. The number of aromatic nitrogens is 2. The molecule has 0 spiro atoms. The standard InChI is InChI=1S/C18H22N4O3/c1-10(2)22-16-14(17(25)20-18(3,4)19-16)15(21-22)12-7-5-11(6-8-12)9-13(23)24/h5-8,10,19H,9H2,1-4H3,(H,20,25)(H,23,24). The first kappa shape index (κ1) is 17.0. The molecule has 0 bridgehead atoms. The van der Waals surface area contributed by atoms with Gasteiger partial charge in [0.2, 0.25) is 0 Å². The van der Waals surface area contributed by atoms with E-state index in [1.54, 1.807) is 24.3 Å². The topological polar surface area (TPSA) is 96.2 Å². The molecular weight excluding hydrogens is 320 g/mol. The molecule has 2 aromatic rings. The summed E-state index contributed by atoms with van der Waals surface area (Å²) in [6, 6.07) is 7.20. The third-order valence-corrected chi connectivity index (χ3v) is 4.07. The number of anilines is 1. The second-order valence-electron chi connectivity index (χ2n) is 7.08. The van der Waals surface area contributed by atoms with Crippen molar-refractivity contribution in [3.8, 4) is 11.3 Å². The molecule has 0 radical (unpaired) electrons. The first-order valence-electron chi connectivity index (χ1n) is 8.22. The van der Waals surface area contributed by atoms with Gasteiger partial charge in [-0.25, -0.2) is 4.68 Å². The van der Waals surface area contributed by atoms with Crippen molar-refractivity contribution in [3.05, 3.63) is 35.4 Å². The van der Waals surface area contributed by atoms with Gasteiger partial charge in [-0.05, 0) is 33.3 Å². The molecule has 132 valence electrons. The molecule has 7 nitrogen and oxygen atoms in total. The molecular formula is C18H22N4O3. The highest BCUT2D eigenvalue weighted by Crippen LogP contribution is 2.35. The van der Waals surface area contributed by atoms with Crippen molar-refractivity contribution in [3.63, 3.8) is 0 Å². The minimum Gasteiger partial charge on any atom is -0.481 e. The number of nitrogens with zero attached hydrogens (tertiary/aromatic N) is 2. The van der Waals surface area contributed by atoms with E-state index in [2.05, 4.69) is 15.7 Å². The van der Waals surface area contributed by atoms with Gasteiger partial charge in [0.1, 0.15) is 22.7 Å². The zero-order valence-corrected chi connectivity index (χ0v) is 14.8. The van der Waals surface area contributed by atoms with Crippen LogP contribution in [0.2, 0.25) is 0 Å². The van der Waals surface area contributed by atoms with E-state index in [9.17, 15) is 9.59 Å². The molecule has 1 aliphatic rings. The number of aliphatic carboxylic acids is 1. The number of fused-ring (bicyclic) bond motifs is 1. The number of hydrogen-bond acceptors (Lipinski definition) is 4. The van der Waals surface area contributed by atoms with Crippen LogP contribution in [-0.2, 0) is 11.2 Å². The van der Waals surface area contributed by atoms with Crippen molar-refractivity contribution in [1.29, 1.82) is 0 Å². The number of hydrogen-bond donors (Lipinski definition) is 3. The Morgan fingerprint density at radius 1 is 1.24 bits per heavy atom. The van der Waals surface area contributed by atoms with Gasteiger partial charge in [-0.2, -0.15) is 5.10 Å². The van der Waals surface area contributed by atoms with E-state index in [1.807, 2.05) is 32.4 Å². The van der Waals surface area contributed by atoms with Gasteiger partial charge in [-0.1, -0.05) is 24.3 Å². The fourth-order valence-corrected chi connectivity index (χ4v) is 2.97. The minimum atomic E-state index is -0.875. The number of carboxylic acid groups (broad SMARTS) is 1. The molecule has 1 amide bonds. The van der Waals surface area contributed by atoms with Crippen LogP contribution in [0.5, 0.6) is 0 Å². The number of rotatable bonds is 4. The Hall–Kier alpha value is -2.83. The summed E-state index contributed by atoms with van der Waals surface area (Å²) < 4.78 is 1.82. The van der Waals surface area contributed by atoms with Gasteiger partial charge >= 0.3 is 5.97 Å². The van der Waals surface area contributed by atoms with Crippen molar-refractivity contribution >= 4 is 17.7 Å². The van der Waals surface area contributed by atoms with Crippen molar-refractivity contribution < 1.29 is 14.7 Å². The summed E-state index contributed by atoms with van der Waals surface area (Å²) in [5.74, 6) is -0.344. The molecule has 2 heterocycles. The first-order valence-corrected chi connectivity index (χ1v) is 8.22. The quantitative estimate of drug-likeness (QED) is 0.794. The normalized spacial score (nSPS) is 15.5. The summed E-state index contributed by atoms with van der Waals surface area (Å²) in [7, 11) is 0. The van der Waals surface area contributed by atoms with Crippen LogP contribution in [0.4, 0.5) is 5.82 Å². The van der Waals surface area contributed by atoms with E-state index >= 15 is 0 Å². The van der Waals surface area contributed by atoms with Gasteiger partial charge < -0.3 is 15.7 Å². The molecule has 3 N–H and O–H groups in total. The summed E-state index contributed by atoms with van der Waals surface area (Å²) in [4.78, 5) is 23.5. The third kappa shape index (κ3) is 3.22. The molecule has 0 unspecified atom stereocenters. The van der Waals surface area contributed by atoms with Crippen molar-refractivity contribution in [2.75, 3.05) is 5.32 Å². The molecule has 1 aromatic heterocycles. The van der Waals surface area contributed by atoms with Crippen LogP contribution < -0.4 is 10.6 Å². The van der Waals surface area contributed by atoms with Gasteiger partial charge in [0, 0.05) is 11.6 Å². The lowest BCUT2D eigenvalue weighted by molar-refractivity contribution is -0.136. The number of nitrogens with one attached hydrogen (secondary N) is 2. The Morgan fingerprint density at radius 3 is 2.44 bits per heavy atom.